The molecule has 2 heteroatoms. The smallest absolute Gasteiger partial charge is 0.0468 e. The van der Waals surface area contributed by atoms with E-state index in [1.165, 1.54) is 43.2 Å². The van der Waals surface area contributed by atoms with Gasteiger partial charge in [0.1, 0.15) is 0 Å². The van der Waals surface area contributed by atoms with Crippen molar-refractivity contribution in [2.75, 3.05) is 4.90 Å². The van der Waals surface area contributed by atoms with Crippen LogP contribution in [-0.4, -0.2) is 0 Å². The lowest BCUT2D eigenvalue weighted by Crippen LogP contribution is -2.17. The Labute approximate surface area is 300 Å². The molecule has 0 fully saturated rings. The Morgan fingerprint density at radius 3 is 2.28 bits per heavy atom. The number of anilines is 2. The van der Waals surface area contributed by atoms with Gasteiger partial charge in [-0.05, 0) is 92.6 Å². The molecule has 0 amide bonds. The standard InChI is InChI=1S/C48H39NS/c1-3-4-14-34(2)46-33-41(31-32-42(46)44-20-13-21-45-43-19-11-12-22-47(43)50-48(44)45)49(39-27-23-37(24-28-39)35-15-7-5-8-16-35)40-29-25-38(26-30-40)36-17-9-6-10-18-36/h3-18,20-25,27-33,38,43H,1-2,19,26H2/b14-4-. The molecular weight excluding hydrogens is 623 g/mol. The van der Waals surface area contributed by atoms with E-state index in [2.05, 4.69) is 182 Å². The van der Waals surface area contributed by atoms with E-state index in [0.717, 1.165) is 41.1 Å². The molecule has 5 aromatic rings. The lowest BCUT2D eigenvalue weighted by atomic mass is 9.88. The van der Waals surface area contributed by atoms with Gasteiger partial charge in [0.2, 0.25) is 0 Å². The summed E-state index contributed by atoms with van der Waals surface area (Å²) in [6.45, 7) is 8.51. The highest BCUT2D eigenvalue weighted by molar-refractivity contribution is 8.03. The predicted molar refractivity (Wildman–Crippen MR) is 216 cm³/mol. The first kappa shape index (κ1) is 31.7. The summed E-state index contributed by atoms with van der Waals surface area (Å²) in [5, 5.41) is 0. The number of fused-ring (bicyclic) bond motifs is 3. The van der Waals surface area contributed by atoms with Crippen molar-refractivity contribution in [2.24, 2.45) is 0 Å². The molecule has 242 valence electrons. The van der Waals surface area contributed by atoms with E-state index < -0.39 is 0 Å². The molecular formula is C48H39NS. The van der Waals surface area contributed by atoms with Gasteiger partial charge >= 0.3 is 0 Å². The quantitative estimate of drug-likeness (QED) is 0.145. The Kier molecular flexibility index (Phi) is 8.94. The van der Waals surface area contributed by atoms with Crippen LogP contribution >= 0.6 is 11.8 Å². The van der Waals surface area contributed by atoms with E-state index >= 15 is 0 Å². The van der Waals surface area contributed by atoms with Crippen LogP contribution in [0.5, 0.6) is 0 Å². The topological polar surface area (TPSA) is 3.24 Å². The molecule has 5 aromatic carbocycles. The molecule has 0 bridgehead atoms. The van der Waals surface area contributed by atoms with Crippen molar-refractivity contribution in [2.45, 2.75) is 29.6 Å². The lowest BCUT2D eigenvalue weighted by molar-refractivity contribution is 0.838. The highest BCUT2D eigenvalue weighted by Gasteiger charge is 2.31. The molecule has 0 saturated heterocycles. The molecule has 8 rings (SSSR count). The number of rotatable bonds is 9. The van der Waals surface area contributed by atoms with Crippen molar-refractivity contribution in [3.63, 3.8) is 0 Å². The van der Waals surface area contributed by atoms with E-state index in [1.807, 2.05) is 23.9 Å². The van der Waals surface area contributed by atoms with Gasteiger partial charge < -0.3 is 4.90 Å². The van der Waals surface area contributed by atoms with E-state index in [4.69, 9.17) is 0 Å². The third kappa shape index (κ3) is 6.19. The number of thioether (sulfide) groups is 1. The number of hydrogen-bond acceptors (Lipinski definition) is 2. The number of nitrogens with zero attached hydrogens (tertiary/aromatic N) is 1. The van der Waals surface area contributed by atoms with Crippen LogP contribution in [0.1, 0.15) is 41.4 Å². The summed E-state index contributed by atoms with van der Waals surface area (Å²) in [5.74, 6) is 0.807. The molecule has 3 aliphatic rings. The summed E-state index contributed by atoms with van der Waals surface area (Å²) in [7, 11) is 0. The Morgan fingerprint density at radius 1 is 0.760 bits per heavy atom. The zero-order valence-electron chi connectivity index (χ0n) is 28.1. The minimum Gasteiger partial charge on any atom is -0.311 e. The van der Waals surface area contributed by atoms with Gasteiger partial charge in [-0.25, -0.2) is 0 Å². The molecule has 0 saturated carbocycles. The summed E-state index contributed by atoms with van der Waals surface area (Å²) in [6.07, 6.45) is 21.7. The van der Waals surface area contributed by atoms with Crippen LogP contribution in [0.3, 0.4) is 0 Å². The Balaban J connectivity index is 1.23. The van der Waals surface area contributed by atoms with Gasteiger partial charge in [-0.2, -0.15) is 0 Å². The fourth-order valence-corrected chi connectivity index (χ4v) is 8.68. The van der Waals surface area contributed by atoms with Gasteiger partial charge in [0, 0.05) is 33.8 Å². The van der Waals surface area contributed by atoms with E-state index in [0.29, 0.717) is 11.8 Å². The highest BCUT2D eigenvalue weighted by Crippen LogP contribution is 2.55. The second-order valence-corrected chi connectivity index (χ2v) is 14.0. The van der Waals surface area contributed by atoms with Crippen molar-refractivity contribution in [1.82, 2.24) is 0 Å². The Hall–Kier alpha value is -5.57. The van der Waals surface area contributed by atoms with Crippen LogP contribution in [0, 0.1) is 0 Å². The summed E-state index contributed by atoms with van der Waals surface area (Å²) >= 11 is 1.93. The first-order chi connectivity index (χ1) is 24.7. The molecule has 0 N–H and O–H groups in total. The van der Waals surface area contributed by atoms with Gasteiger partial charge in [0.05, 0.1) is 0 Å². The van der Waals surface area contributed by atoms with Crippen LogP contribution in [0.15, 0.2) is 205 Å². The second kappa shape index (κ2) is 14.1. The van der Waals surface area contributed by atoms with Crippen LogP contribution in [0.4, 0.5) is 11.4 Å². The summed E-state index contributed by atoms with van der Waals surface area (Å²) in [6, 6.07) is 44.0. The SMILES string of the molecule is C=C/C=C\C(=C)c1cc(N(C2=CCC(c3ccccc3)C=C2)c2ccc(-c3ccccc3)cc2)ccc1-c1cccc2c1SC1=CC=CCC12. The van der Waals surface area contributed by atoms with Crippen molar-refractivity contribution in [1.29, 1.82) is 0 Å². The highest BCUT2D eigenvalue weighted by atomic mass is 32.2. The van der Waals surface area contributed by atoms with Crippen LogP contribution in [0.2, 0.25) is 0 Å². The Bertz CT molecular complexity index is 2210. The second-order valence-electron chi connectivity index (χ2n) is 13.0. The monoisotopic (exact) mass is 661 g/mol. The molecule has 1 heterocycles. The lowest BCUT2D eigenvalue weighted by Gasteiger charge is -2.30. The van der Waals surface area contributed by atoms with Crippen LogP contribution < -0.4 is 4.90 Å². The third-order valence-electron chi connectivity index (χ3n) is 9.88. The Morgan fingerprint density at radius 2 is 1.52 bits per heavy atom. The minimum atomic E-state index is 0.357. The number of benzene rings is 5. The largest absolute Gasteiger partial charge is 0.311 e. The van der Waals surface area contributed by atoms with Crippen molar-refractivity contribution >= 4 is 28.7 Å². The minimum absolute atomic E-state index is 0.357. The molecule has 0 radical (unpaired) electrons. The fourth-order valence-electron chi connectivity index (χ4n) is 7.32. The van der Waals surface area contributed by atoms with Crippen LogP contribution in [-0.2, 0) is 0 Å². The first-order valence-electron chi connectivity index (χ1n) is 17.4. The van der Waals surface area contributed by atoms with Gasteiger partial charge in [-0.3, -0.25) is 0 Å². The van der Waals surface area contributed by atoms with Gasteiger partial charge in [0.15, 0.2) is 0 Å². The average molecular weight is 662 g/mol. The molecule has 1 nitrogen and oxygen atoms in total. The maximum Gasteiger partial charge on any atom is 0.0468 e. The maximum absolute atomic E-state index is 4.58. The molecule has 2 unspecified atom stereocenters. The van der Waals surface area contributed by atoms with E-state index in [1.54, 1.807) is 0 Å². The fraction of sp³-hybridized carbons (Fsp3) is 0.0833. The molecule has 1 aliphatic heterocycles. The maximum atomic E-state index is 4.58. The van der Waals surface area contributed by atoms with Crippen molar-refractivity contribution in [3.8, 4) is 22.3 Å². The molecule has 2 atom stereocenters. The zero-order valence-corrected chi connectivity index (χ0v) is 28.9. The average Bonchev–Trinajstić information content (AvgIpc) is 3.57. The summed E-state index contributed by atoms with van der Waals surface area (Å²) in [4.78, 5) is 5.19. The number of hydrogen-bond donors (Lipinski definition) is 0. The van der Waals surface area contributed by atoms with Gasteiger partial charge in [-0.15, -0.1) is 0 Å². The number of allylic oxidation sites excluding steroid dienone is 11. The summed E-state index contributed by atoms with van der Waals surface area (Å²) < 4.78 is 0. The van der Waals surface area contributed by atoms with Crippen molar-refractivity contribution < 1.29 is 0 Å². The molecule has 0 spiro atoms. The van der Waals surface area contributed by atoms with E-state index in [-0.39, 0.29) is 0 Å². The third-order valence-corrected chi connectivity index (χ3v) is 11.2. The van der Waals surface area contributed by atoms with Crippen LogP contribution in [0.25, 0.3) is 27.8 Å². The van der Waals surface area contributed by atoms with Gasteiger partial charge in [0.25, 0.3) is 0 Å². The molecule has 0 aromatic heterocycles. The van der Waals surface area contributed by atoms with Crippen molar-refractivity contribution in [3.05, 3.63) is 216 Å². The predicted octanol–water partition coefficient (Wildman–Crippen LogP) is 13.6. The van der Waals surface area contributed by atoms with Gasteiger partial charge in [-0.1, -0.05) is 171 Å². The zero-order chi connectivity index (χ0) is 33.9. The normalized spacial score (nSPS) is 17.5. The molecule has 2 aliphatic carbocycles. The molecule has 50 heavy (non-hydrogen) atoms. The van der Waals surface area contributed by atoms with E-state index in [9.17, 15) is 0 Å². The first-order valence-corrected chi connectivity index (χ1v) is 18.2. The summed E-state index contributed by atoms with van der Waals surface area (Å²) in [5.41, 5.74) is 13.1.